The Morgan fingerprint density at radius 3 is 2.40 bits per heavy atom. The summed E-state index contributed by atoms with van der Waals surface area (Å²) in [5, 5.41) is 9.35. The third-order valence-corrected chi connectivity index (χ3v) is 8.87. The van der Waals surface area contributed by atoms with E-state index in [1.54, 1.807) is 19.1 Å². The summed E-state index contributed by atoms with van der Waals surface area (Å²) in [6.07, 6.45) is 4.29. The second kappa shape index (κ2) is 15.2. The van der Waals surface area contributed by atoms with Gasteiger partial charge in [0.05, 0.1) is 13.2 Å². The minimum Gasteiger partial charge on any atom is -0.497 e. The second-order valence-electron chi connectivity index (χ2n) is 11.6. The van der Waals surface area contributed by atoms with E-state index in [1.807, 2.05) is 61.6 Å². The Morgan fingerprint density at radius 1 is 1.02 bits per heavy atom. The van der Waals surface area contributed by atoms with Crippen molar-refractivity contribution in [3.63, 3.8) is 0 Å². The van der Waals surface area contributed by atoms with Crippen molar-refractivity contribution >= 4 is 17.7 Å². The molecule has 0 saturated carbocycles. The van der Waals surface area contributed by atoms with E-state index >= 15 is 0 Å². The van der Waals surface area contributed by atoms with Crippen LogP contribution in [0.1, 0.15) is 43.7 Å². The third kappa shape index (κ3) is 7.89. The Kier molecular flexibility index (Phi) is 11.4. The monoisotopic (exact) mass is 577 g/mol. The molecule has 0 unspecified atom stereocenters. The van der Waals surface area contributed by atoms with E-state index in [2.05, 4.69) is 27.8 Å². The largest absolute Gasteiger partial charge is 0.497 e. The summed E-state index contributed by atoms with van der Waals surface area (Å²) in [7, 11) is 5.45. The van der Waals surface area contributed by atoms with E-state index in [1.165, 1.54) is 0 Å². The molecule has 3 amide bonds. The number of methoxy groups -OCH3 is 1. The van der Waals surface area contributed by atoms with Crippen molar-refractivity contribution < 1.29 is 19.1 Å². The summed E-state index contributed by atoms with van der Waals surface area (Å²) in [6, 6.07) is 16.0. The average molecular weight is 578 g/mol. The molecule has 0 radical (unpaired) electrons. The predicted octanol–water partition coefficient (Wildman–Crippen LogP) is 2.39. The van der Waals surface area contributed by atoms with Crippen LogP contribution in [0.4, 0.5) is 0 Å². The lowest BCUT2D eigenvalue weighted by Crippen LogP contribution is -2.59. The number of carbonyl (C=O) groups excluding carboxylic acids is 3. The highest BCUT2D eigenvalue weighted by Crippen LogP contribution is 2.34. The van der Waals surface area contributed by atoms with E-state index in [4.69, 9.17) is 4.74 Å². The zero-order valence-electron chi connectivity index (χ0n) is 25.5. The van der Waals surface area contributed by atoms with Gasteiger partial charge in [-0.3, -0.25) is 14.4 Å². The van der Waals surface area contributed by atoms with Crippen LogP contribution in [0, 0.1) is 5.92 Å². The summed E-state index contributed by atoms with van der Waals surface area (Å²) >= 11 is 0. The van der Waals surface area contributed by atoms with Crippen molar-refractivity contribution in [3.05, 3.63) is 65.7 Å². The zero-order valence-corrected chi connectivity index (χ0v) is 25.5. The van der Waals surface area contributed by atoms with Gasteiger partial charge in [-0.15, -0.1) is 0 Å². The van der Waals surface area contributed by atoms with Gasteiger partial charge in [-0.2, -0.15) is 0 Å². The molecule has 0 aliphatic carbocycles. The number of carbonyl (C=O) groups is 3. The van der Waals surface area contributed by atoms with Gasteiger partial charge >= 0.3 is 0 Å². The zero-order chi connectivity index (χ0) is 30.1. The summed E-state index contributed by atoms with van der Waals surface area (Å²) in [6.45, 7) is 4.13. The minimum atomic E-state index is -0.684. The highest BCUT2D eigenvalue weighted by atomic mass is 16.5. The molecule has 4 rings (SSSR count). The highest BCUT2D eigenvalue weighted by Gasteiger charge is 2.47. The maximum atomic E-state index is 14.3. The van der Waals surface area contributed by atoms with Crippen molar-refractivity contribution in [3.8, 4) is 5.75 Å². The standard InChI is InChI=1S/C33H47N5O4/c1-5-37(3)22-25-13-14-26-15-18-29(32(40)35-20-19-23-11-16-27(42-4)17-12-23)38(26)33(41)30(25)36-31(39)28(34-2)21-24-9-7-6-8-10-24/h6-12,16-17,25-26,28-30,34H,5,13-15,18-22H2,1-4H3,(H,35,40)(H,36,39)/t25-,26+,28-,29+,30+/m1/s1. The molecule has 2 fully saturated rings. The van der Waals surface area contributed by atoms with Crippen LogP contribution < -0.4 is 20.7 Å². The Hall–Kier alpha value is -3.43. The van der Waals surface area contributed by atoms with Crippen molar-refractivity contribution in [2.75, 3.05) is 40.8 Å². The van der Waals surface area contributed by atoms with Gasteiger partial charge < -0.3 is 30.5 Å². The van der Waals surface area contributed by atoms with Gasteiger partial charge in [0.15, 0.2) is 0 Å². The van der Waals surface area contributed by atoms with Crippen LogP contribution in [-0.4, -0.2) is 92.5 Å². The number of nitrogens with one attached hydrogen (secondary N) is 3. The van der Waals surface area contributed by atoms with Crippen molar-refractivity contribution in [1.29, 1.82) is 0 Å². The molecule has 5 atom stereocenters. The van der Waals surface area contributed by atoms with Gasteiger partial charge in [-0.25, -0.2) is 0 Å². The number of hydrogen-bond donors (Lipinski definition) is 3. The second-order valence-corrected chi connectivity index (χ2v) is 11.6. The Bertz CT molecular complexity index is 1170. The van der Waals surface area contributed by atoms with Gasteiger partial charge in [0.25, 0.3) is 0 Å². The van der Waals surface area contributed by atoms with E-state index in [-0.39, 0.29) is 29.7 Å². The fourth-order valence-electron chi connectivity index (χ4n) is 6.27. The first-order valence-corrected chi connectivity index (χ1v) is 15.3. The van der Waals surface area contributed by atoms with Crippen LogP contribution in [0.25, 0.3) is 0 Å². The molecule has 0 spiro atoms. The van der Waals surface area contributed by atoms with Crippen LogP contribution in [0.5, 0.6) is 5.75 Å². The Labute approximate surface area is 250 Å². The first kappa shape index (κ1) is 31.5. The minimum absolute atomic E-state index is 0.00980. The molecule has 2 aromatic rings. The molecule has 2 saturated heterocycles. The fraction of sp³-hybridized carbons (Fsp3) is 0.545. The molecule has 228 valence electrons. The summed E-state index contributed by atoms with van der Waals surface area (Å²) < 4.78 is 5.22. The third-order valence-electron chi connectivity index (χ3n) is 8.87. The lowest BCUT2D eigenvalue weighted by atomic mass is 9.92. The number of benzene rings is 2. The maximum Gasteiger partial charge on any atom is 0.246 e. The first-order chi connectivity index (χ1) is 20.3. The molecule has 3 N–H and O–H groups in total. The van der Waals surface area contributed by atoms with E-state index in [9.17, 15) is 14.4 Å². The van der Waals surface area contributed by atoms with Gasteiger partial charge in [0.2, 0.25) is 17.7 Å². The molecule has 2 heterocycles. The quantitative estimate of drug-likeness (QED) is 0.338. The molecule has 42 heavy (non-hydrogen) atoms. The molecule has 9 nitrogen and oxygen atoms in total. The first-order valence-electron chi connectivity index (χ1n) is 15.3. The van der Waals surface area contributed by atoms with Crippen molar-refractivity contribution in [1.82, 2.24) is 25.8 Å². The number of ether oxygens (including phenoxy) is 1. The van der Waals surface area contributed by atoms with Crippen LogP contribution in [0.15, 0.2) is 54.6 Å². The topological polar surface area (TPSA) is 103 Å². The normalized spacial score (nSPS) is 22.8. The SMILES string of the molecule is CCN(C)C[C@H]1CC[C@H]2CC[C@@H](C(=O)NCCc3ccc(OC)cc3)N2C(=O)[C@H]1NC(=O)[C@@H](Cc1ccccc1)NC. The summed E-state index contributed by atoms with van der Waals surface area (Å²) in [5.41, 5.74) is 2.15. The number of amides is 3. The Morgan fingerprint density at radius 2 is 1.74 bits per heavy atom. The average Bonchev–Trinajstić information content (AvgIpc) is 3.40. The van der Waals surface area contributed by atoms with Crippen LogP contribution in [-0.2, 0) is 27.2 Å². The number of fused-ring (bicyclic) bond motifs is 1. The van der Waals surface area contributed by atoms with E-state index in [0.717, 1.165) is 42.7 Å². The van der Waals surface area contributed by atoms with Crippen molar-refractivity contribution in [2.24, 2.45) is 5.92 Å². The lowest BCUT2D eigenvalue weighted by molar-refractivity contribution is -0.143. The Balaban J connectivity index is 1.46. The highest BCUT2D eigenvalue weighted by molar-refractivity contribution is 5.94. The maximum absolute atomic E-state index is 14.3. The smallest absolute Gasteiger partial charge is 0.246 e. The number of likely N-dealkylation sites (N-methyl/N-ethyl adjacent to an activating group) is 1. The number of hydrogen-bond acceptors (Lipinski definition) is 6. The molecule has 2 aliphatic rings. The van der Waals surface area contributed by atoms with Crippen LogP contribution in [0.2, 0.25) is 0 Å². The van der Waals surface area contributed by atoms with Gasteiger partial charge in [-0.1, -0.05) is 49.4 Å². The van der Waals surface area contributed by atoms with Gasteiger partial charge in [-0.05, 0) is 82.4 Å². The van der Waals surface area contributed by atoms with E-state index < -0.39 is 18.1 Å². The summed E-state index contributed by atoms with van der Waals surface area (Å²) in [4.78, 5) is 45.2. The molecular formula is C33H47N5O4. The van der Waals surface area contributed by atoms with E-state index in [0.29, 0.717) is 32.4 Å². The molecular weight excluding hydrogens is 530 g/mol. The number of rotatable bonds is 13. The van der Waals surface area contributed by atoms with Crippen molar-refractivity contribution in [2.45, 2.75) is 69.6 Å². The van der Waals surface area contributed by atoms with Crippen LogP contribution >= 0.6 is 0 Å². The lowest BCUT2D eigenvalue weighted by Gasteiger charge is -2.33. The van der Waals surface area contributed by atoms with Gasteiger partial charge in [0, 0.05) is 25.0 Å². The molecule has 2 aromatic carbocycles. The molecule has 0 aromatic heterocycles. The fourth-order valence-corrected chi connectivity index (χ4v) is 6.27. The predicted molar refractivity (Wildman–Crippen MR) is 164 cm³/mol. The molecule has 9 heteroatoms. The molecule has 2 aliphatic heterocycles. The van der Waals surface area contributed by atoms with Crippen LogP contribution in [0.3, 0.4) is 0 Å². The van der Waals surface area contributed by atoms with Gasteiger partial charge in [0.1, 0.15) is 17.8 Å². The number of nitrogens with zero attached hydrogens (tertiary/aromatic N) is 2. The summed E-state index contributed by atoms with van der Waals surface area (Å²) in [5.74, 6) is 0.311. The molecule has 0 bridgehead atoms.